The van der Waals surface area contributed by atoms with Gasteiger partial charge >= 0.3 is 11.9 Å². The summed E-state index contributed by atoms with van der Waals surface area (Å²) < 4.78 is 23.9. The van der Waals surface area contributed by atoms with Crippen LogP contribution in [-0.4, -0.2) is 94.4 Å². The first kappa shape index (κ1) is 42.6. The predicted octanol–water partition coefficient (Wildman–Crippen LogP) is 5.46. The van der Waals surface area contributed by atoms with E-state index in [4.69, 9.17) is 18.9 Å². The second-order valence-corrected chi connectivity index (χ2v) is 15.1. The molecule has 10 nitrogen and oxygen atoms in total. The molecule has 0 aromatic rings. The van der Waals surface area contributed by atoms with Crippen molar-refractivity contribution in [2.75, 3.05) is 13.2 Å². The minimum absolute atomic E-state index is 0.0189. The number of rotatable bonds is 11. The van der Waals surface area contributed by atoms with E-state index in [-0.39, 0.29) is 49.8 Å². The minimum Gasteiger partial charge on any atom is -0.463 e. The largest absolute Gasteiger partial charge is 0.463 e. The van der Waals surface area contributed by atoms with Crippen LogP contribution in [0.25, 0.3) is 0 Å². The maximum atomic E-state index is 13.0. The summed E-state index contributed by atoms with van der Waals surface area (Å²) in [6.45, 7) is 11.4. The van der Waals surface area contributed by atoms with Gasteiger partial charge in [-0.05, 0) is 38.5 Å². The number of aliphatic hydroxyl groups is 4. The smallest absolute Gasteiger partial charge is 0.335 e. The SMILES string of the molecule is CC1=C/[C@H]2O[C@@H](C/C=C/C=C/C(=O)O[C@@H]3C[C@@H](/C=C/C\C=C\1)O[C@@H](C/C=C\CC(O)C(=O)OCC(C)C(O)CC(C)C)[C@]3(C)CO)C[C@H](O)[C@H]2C. The van der Waals surface area contributed by atoms with Crippen molar-refractivity contribution >= 4 is 11.9 Å². The molecule has 3 heterocycles. The number of allylic oxidation sites excluding steroid dienone is 6. The van der Waals surface area contributed by atoms with Crippen LogP contribution in [0.1, 0.15) is 86.5 Å². The van der Waals surface area contributed by atoms with Gasteiger partial charge in [0.05, 0.1) is 55.3 Å². The Hall–Kier alpha value is -2.86. The molecular formula is C41H62O10. The van der Waals surface area contributed by atoms with Crippen LogP contribution in [-0.2, 0) is 28.5 Å². The Morgan fingerprint density at radius 1 is 1.08 bits per heavy atom. The van der Waals surface area contributed by atoms with E-state index < -0.39 is 47.9 Å². The van der Waals surface area contributed by atoms with E-state index in [1.807, 2.05) is 65.0 Å². The highest BCUT2D eigenvalue weighted by atomic mass is 16.6. The Bertz CT molecular complexity index is 1280. The van der Waals surface area contributed by atoms with Gasteiger partial charge in [-0.1, -0.05) is 101 Å². The van der Waals surface area contributed by atoms with Gasteiger partial charge in [0.2, 0.25) is 0 Å². The molecule has 0 saturated carbocycles. The Balaban J connectivity index is 1.70. The van der Waals surface area contributed by atoms with Crippen LogP contribution in [0.2, 0.25) is 0 Å². The fourth-order valence-corrected chi connectivity index (χ4v) is 6.57. The number of fused-ring (bicyclic) bond motifs is 4. The molecule has 0 amide bonds. The number of hydrogen-bond donors (Lipinski definition) is 4. The summed E-state index contributed by atoms with van der Waals surface area (Å²) in [7, 11) is 0. The summed E-state index contributed by atoms with van der Waals surface area (Å²) in [5.41, 5.74) is 0.116. The standard InChI is InChI=1S/C41H62O10/c1-27(2)21-34(44)29(4)25-48-40(47)33(43)18-13-14-19-37-41(6,26-42)38-24-32(50-37)17-10-7-9-15-28(3)22-36-30(5)35(45)23-31(49-36)16-11-8-12-20-39(46)51-38/h8-15,17,20,22,27,29-38,42-45H,7,16,18-19,21,23-26H2,1-6H3/b11-8+,14-13-,15-9+,17-10+,20-12+,28-22-/t29?,30-,31+,32-,33?,34?,35+,36-,37+,38-,41+/m1/s1. The molecule has 3 aliphatic heterocycles. The molecule has 286 valence electrons. The molecule has 0 aromatic carbocycles. The molecule has 10 heteroatoms. The number of esters is 2. The van der Waals surface area contributed by atoms with Gasteiger partial charge in [0.15, 0.2) is 6.10 Å². The highest BCUT2D eigenvalue weighted by Gasteiger charge is 2.49. The van der Waals surface area contributed by atoms with Crippen molar-refractivity contribution in [2.45, 2.75) is 135 Å². The number of carbonyl (C=O) groups is 2. The average Bonchev–Trinajstić information content (AvgIpc) is 3.07. The first-order valence-corrected chi connectivity index (χ1v) is 18.6. The lowest BCUT2D eigenvalue weighted by atomic mass is 9.73. The van der Waals surface area contributed by atoms with Gasteiger partial charge in [-0.25, -0.2) is 9.59 Å². The van der Waals surface area contributed by atoms with E-state index in [9.17, 15) is 30.0 Å². The van der Waals surface area contributed by atoms with Gasteiger partial charge in [0.1, 0.15) is 6.10 Å². The third-order valence-corrected chi connectivity index (χ3v) is 10.2. The van der Waals surface area contributed by atoms with Crippen LogP contribution in [0.3, 0.4) is 0 Å². The Morgan fingerprint density at radius 2 is 1.84 bits per heavy atom. The predicted molar refractivity (Wildman–Crippen MR) is 196 cm³/mol. The van der Waals surface area contributed by atoms with Gasteiger partial charge in [-0.3, -0.25) is 0 Å². The summed E-state index contributed by atoms with van der Waals surface area (Å²) >= 11 is 0. The monoisotopic (exact) mass is 714 g/mol. The Labute approximate surface area is 304 Å². The summed E-state index contributed by atoms with van der Waals surface area (Å²) in [6.07, 6.45) is 18.9. The normalized spacial score (nSPS) is 36.2. The van der Waals surface area contributed by atoms with Crippen LogP contribution in [0, 0.1) is 23.2 Å². The van der Waals surface area contributed by atoms with Crippen LogP contribution in [0.15, 0.2) is 72.4 Å². The molecule has 0 spiro atoms. The van der Waals surface area contributed by atoms with Crippen molar-refractivity contribution in [1.82, 2.24) is 0 Å². The first-order valence-electron chi connectivity index (χ1n) is 18.6. The zero-order valence-corrected chi connectivity index (χ0v) is 31.3. The first-order chi connectivity index (χ1) is 24.2. The van der Waals surface area contributed by atoms with E-state index in [1.165, 1.54) is 6.08 Å². The van der Waals surface area contributed by atoms with Crippen LogP contribution in [0.5, 0.6) is 0 Å². The second-order valence-electron chi connectivity index (χ2n) is 15.1. The fraction of sp³-hybridized carbons (Fsp3) is 0.659. The highest BCUT2D eigenvalue weighted by molar-refractivity contribution is 5.82. The van der Waals surface area contributed by atoms with E-state index in [1.54, 1.807) is 31.2 Å². The van der Waals surface area contributed by atoms with Gasteiger partial charge in [-0.2, -0.15) is 0 Å². The number of aliphatic hydroxyl groups excluding tert-OH is 4. The topological polar surface area (TPSA) is 152 Å². The minimum atomic E-state index is -1.36. The Kier molecular flexibility index (Phi) is 17.5. The van der Waals surface area contributed by atoms with Crippen molar-refractivity contribution in [3.8, 4) is 0 Å². The highest BCUT2D eigenvalue weighted by Crippen LogP contribution is 2.41. The maximum Gasteiger partial charge on any atom is 0.335 e. The second kappa shape index (κ2) is 21.0. The van der Waals surface area contributed by atoms with E-state index in [2.05, 4.69) is 6.08 Å². The average molecular weight is 715 g/mol. The summed E-state index contributed by atoms with van der Waals surface area (Å²) in [4.78, 5) is 25.4. The molecule has 3 unspecified atom stereocenters. The van der Waals surface area contributed by atoms with Crippen molar-refractivity contribution in [3.63, 3.8) is 0 Å². The van der Waals surface area contributed by atoms with Crippen LogP contribution < -0.4 is 0 Å². The van der Waals surface area contributed by atoms with Crippen LogP contribution in [0.4, 0.5) is 0 Å². The molecule has 4 N–H and O–H groups in total. The van der Waals surface area contributed by atoms with Crippen molar-refractivity contribution in [1.29, 1.82) is 0 Å². The molecule has 4 bridgehead atoms. The zero-order valence-electron chi connectivity index (χ0n) is 31.3. The summed E-state index contributed by atoms with van der Waals surface area (Å²) in [5, 5.41) is 41.9. The Morgan fingerprint density at radius 3 is 2.57 bits per heavy atom. The van der Waals surface area contributed by atoms with Crippen molar-refractivity contribution in [3.05, 3.63) is 72.4 Å². The maximum absolute atomic E-state index is 13.0. The lowest BCUT2D eigenvalue weighted by molar-refractivity contribution is -0.198. The molecule has 51 heavy (non-hydrogen) atoms. The van der Waals surface area contributed by atoms with Gasteiger partial charge in [-0.15, -0.1) is 0 Å². The lowest BCUT2D eigenvalue weighted by Gasteiger charge is -2.47. The van der Waals surface area contributed by atoms with Gasteiger partial charge in [0, 0.05) is 37.2 Å². The van der Waals surface area contributed by atoms with Crippen LogP contribution >= 0.6 is 0 Å². The number of hydrogen-bond acceptors (Lipinski definition) is 10. The molecule has 3 rings (SSSR count). The van der Waals surface area contributed by atoms with Crippen molar-refractivity contribution < 1.29 is 49.0 Å². The fourth-order valence-electron chi connectivity index (χ4n) is 6.57. The van der Waals surface area contributed by atoms with Crippen molar-refractivity contribution in [2.24, 2.45) is 23.2 Å². The third kappa shape index (κ3) is 13.6. The number of carbonyl (C=O) groups excluding carboxylic acids is 2. The molecule has 2 fully saturated rings. The molecular weight excluding hydrogens is 652 g/mol. The summed E-state index contributed by atoms with van der Waals surface area (Å²) in [6, 6.07) is 0. The zero-order chi connectivity index (χ0) is 37.6. The van der Waals surface area contributed by atoms with Gasteiger partial charge in [0.25, 0.3) is 0 Å². The van der Waals surface area contributed by atoms with Gasteiger partial charge < -0.3 is 39.4 Å². The lowest BCUT2D eigenvalue weighted by Crippen LogP contribution is -2.55. The molecule has 3 aliphatic rings. The molecule has 0 aliphatic carbocycles. The molecule has 0 radical (unpaired) electrons. The molecule has 11 atom stereocenters. The number of ether oxygens (including phenoxy) is 4. The molecule has 2 saturated heterocycles. The molecule has 0 aromatic heterocycles. The van der Waals surface area contributed by atoms with E-state index in [0.29, 0.717) is 44.4 Å². The summed E-state index contributed by atoms with van der Waals surface area (Å²) in [5.74, 6) is -1.25. The van der Waals surface area contributed by atoms with E-state index in [0.717, 1.165) is 5.57 Å². The van der Waals surface area contributed by atoms with E-state index >= 15 is 0 Å². The third-order valence-electron chi connectivity index (χ3n) is 10.2. The quantitative estimate of drug-likeness (QED) is 0.161.